The summed E-state index contributed by atoms with van der Waals surface area (Å²) in [4.78, 5) is 13.5. The van der Waals surface area contributed by atoms with Crippen molar-refractivity contribution in [3.05, 3.63) is 33.5 Å². The molecule has 1 aliphatic carbocycles. The van der Waals surface area contributed by atoms with E-state index in [-0.39, 0.29) is 5.41 Å². The molecule has 0 saturated carbocycles. The van der Waals surface area contributed by atoms with Gasteiger partial charge in [-0.25, -0.2) is 4.79 Å². The largest absolute Gasteiger partial charge is 0.417 e. The number of aromatic nitrogens is 1. The zero-order chi connectivity index (χ0) is 9.47. The molecule has 3 heteroatoms. The van der Waals surface area contributed by atoms with Crippen molar-refractivity contribution in [1.82, 2.24) is 4.98 Å². The summed E-state index contributed by atoms with van der Waals surface area (Å²) in [6.07, 6.45) is 7.75. The van der Waals surface area contributed by atoms with Crippen LogP contribution in [0.25, 0.3) is 12.2 Å². The molecule has 0 atom stereocenters. The van der Waals surface area contributed by atoms with Gasteiger partial charge in [0, 0.05) is 5.41 Å². The molecule has 1 aromatic rings. The average Bonchev–Trinajstić information content (AvgIpc) is 2.23. The Morgan fingerprint density at radius 3 is 3.00 bits per heavy atom. The molecule has 1 N–H and O–H groups in total. The summed E-state index contributed by atoms with van der Waals surface area (Å²) < 4.78 is 4.98. The van der Waals surface area contributed by atoms with Crippen molar-refractivity contribution in [2.45, 2.75) is 13.8 Å². The highest BCUT2D eigenvalue weighted by molar-refractivity contribution is 5.44. The maximum atomic E-state index is 10.9. The number of allylic oxidation sites excluding steroid dienone is 2. The summed E-state index contributed by atoms with van der Waals surface area (Å²) in [5, 5.41) is 0.742. The van der Waals surface area contributed by atoms with Crippen molar-refractivity contribution in [2.75, 3.05) is 0 Å². The van der Waals surface area contributed by atoms with Gasteiger partial charge in [0.2, 0.25) is 0 Å². The fourth-order valence-electron chi connectivity index (χ4n) is 1.36. The summed E-state index contributed by atoms with van der Waals surface area (Å²) in [5.74, 6) is -0.399. The SMILES string of the molecule is CC1(C)C=CC=c2[nH]c(=O)oc2=C1. The Hall–Kier alpha value is -1.51. The molecule has 0 fully saturated rings. The maximum absolute atomic E-state index is 10.9. The van der Waals surface area contributed by atoms with Crippen LogP contribution in [0.4, 0.5) is 0 Å². The number of H-pyrrole nitrogens is 1. The molecule has 0 unspecified atom stereocenters. The van der Waals surface area contributed by atoms with E-state index >= 15 is 0 Å². The van der Waals surface area contributed by atoms with Gasteiger partial charge in [0.05, 0.1) is 5.35 Å². The Morgan fingerprint density at radius 2 is 2.23 bits per heavy atom. The Kier molecular flexibility index (Phi) is 1.55. The minimum absolute atomic E-state index is 0.0696. The van der Waals surface area contributed by atoms with Crippen molar-refractivity contribution < 1.29 is 4.42 Å². The van der Waals surface area contributed by atoms with Gasteiger partial charge >= 0.3 is 5.76 Å². The number of aromatic amines is 1. The van der Waals surface area contributed by atoms with Gasteiger partial charge in [-0.1, -0.05) is 26.0 Å². The third kappa shape index (κ3) is 1.49. The highest BCUT2D eigenvalue weighted by Crippen LogP contribution is 2.18. The summed E-state index contributed by atoms with van der Waals surface area (Å²) in [5.41, 5.74) is 0.555. The summed E-state index contributed by atoms with van der Waals surface area (Å²) in [6, 6.07) is 0. The van der Waals surface area contributed by atoms with Crippen LogP contribution >= 0.6 is 0 Å². The lowest BCUT2D eigenvalue weighted by Crippen LogP contribution is -2.23. The number of hydrogen-bond donors (Lipinski definition) is 1. The van der Waals surface area contributed by atoms with Crippen LogP contribution in [-0.2, 0) is 0 Å². The van der Waals surface area contributed by atoms with Crippen LogP contribution in [0, 0.1) is 5.41 Å². The number of fused-ring (bicyclic) bond motifs is 1. The quantitative estimate of drug-likeness (QED) is 0.612. The van der Waals surface area contributed by atoms with Crippen LogP contribution in [0.3, 0.4) is 0 Å². The predicted octanol–water partition coefficient (Wildman–Crippen LogP) is 0.125. The second-order valence-electron chi connectivity index (χ2n) is 3.78. The molecular formula is C10H11NO2. The fraction of sp³-hybridized carbons (Fsp3) is 0.300. The van der Waals surface area contributed by atoms with E-state index in [0.717, 1.165) is 5.35 Å². The van der Waals surface area contributed by atoms with E-state index in [4.69, 9.17) is 4.42 Å². The number of oxazole rings is 1. The number of hydrogen-bond acceptors (Lipinski definition) is 2. The molecule has 1 aromatic heterocycles. The van der Waals surface area contributed by atoms with Crippen molar-refractivity contribution in [1.29, 1.82) is 0 Å². The molecule has 2 rings (SSSR count). The molecule has 0 bridgehead atoms. The molecule has 68 valence electrons. The molecule has 0 amide bonds. The molecule has 0 aliphatic heterocycles. The van der Waals surface area contributed by atoms with Crippen molar-refractivity contribution in [3.8, 4) is 0 Å². The Labute approximate surface area is 75.1 Å². The molecule has 0 spiro atoms. The van der Waals surface area contributed by atoms with Gasteiger partial charge in [-0.3, -0.25) is 4.98 Å². The third-order valence-electron chi connectivity index (χ3n) is 2.00. The van der Waals surface area contributed by atoms with Gasteiger partial charge in [-0.15, -0.1) is 0 Å². The lowest BCUT2D eigenvalue weighted by atomic mass is 9.93. The molecule has 0 aromatic carbocycles. The molecule has 1 heterocycles. The Morgan fingerprint density at radius 1 is 1.46 bits per heavy atom. The fourth-order valence-corrected chi connectivity index (χ4v) is 1.36. The molecule has 13 heavy (non-hydrogen) atoms. The first-order valence-electron chi connectivity index (χ1n) is 4.18. The first-order chi connectivity index (χ1) is 6.07. The monoisotopic (exact) mass is 177 g/mol. The lowest BCUT2D eigenvalue weighted by molar-refractivity contribution is 0.478. The van der Waals surface area contributed by atoms with Crippen molar-refractivity contribution in [3.63, 3.8) is 0 Å². The highest BCUT2D eigenvalue weighted by Gasteiger charge is 2.12. The summed E-state index contributed by atoms with van der Waals surface area (Å²) in [6.45, 7) is 4.11. The molecular weight excluding hydrogens is 166 g/mol. The summed E-state index contributed by atoms with van der Waals surface area (Å²) in [7, 11) is 0. The topological polar surface area (TPSA) is 46.0 Å². The predicted molar refractivity (Wildman–Crippen MR) is 50.4 cm³/mol. The minimum Gasteiger partial charge on any atom is -0.408 e. The second-order valence-corrected chi connectivity index (χ2v) is 3.78. The first kappa shape index (κ1) is 8.10. The van der Waals surface area contributed by atoms with Crippen LogP contribution in [0.5, 0.6) is 0 Å². The average molecular weight is 177 g/mol. The minimum atomic E-state index is -0.399. The van der Waals surface area contributed by atoms with E-state index in [0.29, 0.717) is 5.42 Å². The van der Waals surface area contributed by atoms with Crippen LogP contribution in [0.15, 0.2) is 21.4 Å². The molecule has 1 aliphatic rings. The van der Waals surface area contributed by atoms with Crippen LogP contribution in [-0.4, -0.2) is 4.98 Å². The van der Waals surface area contributed by atoms with Gasteiger partial charge < -0.3 is 4.42 Å². The Bertz CT molecular complexity index is 514. The molecule has 0 radical (unpaired) electrons. The third-order valence-corrected chi connectivity index (χ3v) is 2.00. The van der Waals surface area contributed by atoms with Gasteiger partial charge in [0.1, 0.15) is 0 Å². The Balaban J connectivity index is 2.83. The van der Waals surface area contributed by atoms with Gasteiger partial charge in [0.25, 0.3) is 0 Å². The molecule has 0 saturated heterocycles. The highest BCUT2D eigenvalue weighted by atomic mass is 16.4. The van der Waals surface area contributed by atoms with E-state index < -0.39 is 5.76 Å². The van der Waals surface area contributed by atoms with E-state index in [9.17, 15) is 4.79 Å². The zero-order valence-electron chi connectivity index (χ0n) is 7.63. The van der Waals surface area contributed by atoms with E-state index in [1.807, 2.05) is 18.2 Å². The van der Waals surface area contributed by atoms with Gasteiger partial charge in [-0.05, 0) is 12.2 Å². The standard InChI is InChI=1S/C10H11NO2/c1-10(2)5-3-4-7-8(6-10)13-9(12)11-7/h3-6H,1-2H3,(H,11,12). The lowest BCUT2D eigenvalue weighted by Gasteiger charge is -2.11. The zero-order valence-corrected chi connectivity index (χ0v) is 7.63. The van der Waals surface area contributed by atoms with Crippen LogP contribution in [0.1, 0.15) is 13.8 Å². The van der Waals surface area contributed by atoms with Crippen molar-refractivity contribution in [2.24, 2.45) is 5.41 Å². The number of nitrogens with one attached hydrogen (secondary N) is 1. The van der Waals surface area contributed by atoms with E-state index in [2.05, 4.69) is 24.9 Å². The first-order valence-corrected chi connectivity index (χ1v) is 4.18. The second kappa shape index (κ2) is 2.49. The smallest absolute Gasteiger partial charge is 0.408 e. The van der Waals surface area contributed by atoms with Gasteiger partial charge in [-0.2, -0.15) is 0 Å². The van der Waals surface area contributed by atoms with Crippen LogP contribution < -0.4 is 16.5 Å². The maximum Gasteiger partial charge on any atom is 0.417 e. The normalized spacial score (nSPS) is 18.3. The van der Waals surface area contributed by atoms with E-state index in [1.54, 1.807) is 0 Å². The van der Waals surface area contributed by atoms with E-state index in [1.165, 1.54) is 0 Å². The van der Waals surface area contributed by atoms with Gasteiger partial charge in [0.15, 0.2) is 5.42 Å². The summed E-state index contributed by atoms with van der Waals surface area (Å²) >= 11 is 0. The van der Waals surface area contributed by atoms with Crippen molar-refractivity contribution >= 4 is 12.2 Å². The van der Waals surface area contributed by atoms with Crippen LogP contribution in [0.2, 0.25) is 0 Å². The number of rotatable bonds is 0. The molecule has 3 nitrogen and oxygen atoms in total.